The average molecular weight is 310 g/mol. The molecule has 0 saturated carbocycles. The molecule has 0 unspecified atom stereocenters. The van der Waals surface area contributed by atoms with Crippen molar-refractivity contribution >= 4 is 29.1 Å². The molecule has 0 atom stereocenters. The third-order valence-corrected chi connectivity index (χ3v) is 3.98. The maximum Gasteiger partial charge on any atom is 0.269 e. The number of ether oxygens (including phenoxy) is 1. The summed E-state index contributed by atoms with van der Waals surface area (Å²) in [5, 5.41) is 11.2. The van der Waals surface area contributed by atoms with Gasteiger partial charge in [-0.1, -0.05) is 11.6 Å². The third kappa shape index (κ3) is 3.65. The molecule has 2 rings (SSSR count). The Balaban J connectivity index is 2.08. The second-order valence-electron chi connectivity index (χ2n) is 4.00. The Morgan fingerprint density at radius 3 is 2.55 bits per heavy atom. The lowest BCUT2D eigenvalue weighted by Gasteiger charge is -2.08. The van der Waals surface area contributed by atoms with Crippen molar-refractivity contribution in [1.82, 2.24) is 0 Å². The first kappa shape index (κ1) is 14.7. The van der Waals surface area contributed by atoms with Crippen molar-refractivity contribution in [2.45, 2.75) is 10.6 Å². The highest BCUT2D eigenvalue weighted by molar-refractivity contribution is 7.98. The van der Waals surface area contributed by atoms with Gasteiger partial charge in [-0.25, -0.2) is 0 Å². The number of thioether (sulfide) groups is 1. The Morgan fingerprint density at radius 2 is 1.95 bits per heavy atom. The molecule has 0 aliphatic heterocycles. The average Bonchev–Trinajstić information content (AvgIpc) is 2.45. The topological polar surface area (TPSA) is 52.4 Å². The van der Waals surface area contributed by atoms with E-state index in [0.29, 0.717) is 10.8 Å². The predicted molar refractivity (Wildman–Crippen MR) is 80.7 cm³/mol. The molecule has 0 aliphatic rings. The largest absolute Gasteiger partial charge is 0.496 e. The molecule has 0 aromatic heterocycles. The SMILES string of the molecule is COc1ccc(Cl)cc1CSc1ccc([N+](=O)[O-])cc1. The summed E-state index contributed by atoms with van der Waals surface area (Å²) < 4.78 is 5.28. The van der Waals surface area contributed by atoms with E-state index in [1.54, 1.807) is 37.1 Å². The molecule has 0 fully saturated rings. The van der Waals surface area contributed by atoms with Gasteiger partial charge in [0.2, 0.25) is 0 Å². The lowest BCUT2D eigenvalue weighted by Crippen LogP contribution is -1.90. The fourth-order valence-electron chi connectivity index (χ4n) is 1.69. The van der Waals surface area contributed by atoms with Crippen molar-refractivity contribution in [3.63, 3.8) is 0 Å². The van der Waals surface area contributed by atoms with Gasteiger partial charge in [0.1, 0.15) is 5.75 Å². The third-order valence-electron chi connectivity index (χ3n) is 2.68. The van der Waals surface area contributed by atoms with Crippen LogP contribution >= 0.6 is 23.4 Å². The minimum atomic E-state index is -0.408. The first-order valence-corrected chi connectivity index (χ1v) is 7.16. The molecule has 0 saturated heterocycles. The van der Waals surface area contributed by atoms with Gasteiger partial charge in [-0.05, 0) is 30.3 Å². The van der Waals surface area contributed by atoms with Crippen molar-refractivity contribution in [2.24, 2.45) is 0 Å². The monoisotopic (exact) mass is 309 g/mol. The summed E-state index contributed by atoms with van der Waals surface area (Å²) in [5.74, 6) is 1.46. The zero-order valence-electron chi connectivity index (χ0n) is 10.7. The molecule has 0 amide bonds. The van der Waals surface area contributed by atoms with Crippen LogP contribution in [0.5, 0.6) is 5.75 Å². The smallest absolute Gasteiger partial charge is 0.269 e. The molecule has 0 bridgehead atoms. The number of nitrogens with zero attached hydrogens (tertiary/aromatic N) is 1. The van der Waals surface area contributed by atoms with Crippen LogP contribution in [0.3, 0.4) is 0 Å². The number of hydrogen-bond donors (Lipinski definition) is 0. The molecule has 20 heavy (non-hydrogen) atoms. The van der Waals surface area contributed by atoms with E-state index in [1.165, 1.54) is 12.1 Å². The maximum atomic E-state index is 10.6. The van der Waals surface area contributed by atoms with Crippen molar-refractivity contribution in [1.29, 1.82) is 0 Å². The van der Waals surface area contributed by atoms with Crippen molar-refractivity contribution in [2.75, 3.05) is 7.11 Å². The Labute approximate surface area is 125 Å². The van der Waals surface area contributed by atoms with Gasteiger partial charge in [-0.15, -0.1) is 11.8 Å². The highest BCUT2D eigenvalue weighted by atomic mass is 35.5. The number of rotatable bonds is 5. The van der Waals surface area contributed by atoms with Gasteiger partial charge in [0.15, 0.2) is 0 Å². The standard InChI is InChI=1S/C14H12ClNO3S/c1-19-14-7-2-11(15)8-10(14)9-20-13-5-3-12(4-6-13)16(17)18/h2-8H,9H2,1H3. The summed E-state index contributed by atoms with van der Waals surface area (Å²) in [6.45, 7) is 0. The lowest BCUT2D eigenvalue weighted by atomic mass is 10.2. The van der Waals surface area contributed by atoms with E-state index in [9.17, 15) is 10.1 Å². The highest BCUT2D eigenvalue weighted by Crippen LogP contribution is 2.30. The molecule has 2 aromatic carbocycles. The van der Waals surface area contributed by atoms with Gasteiger partial charge < -0.3 is 4.74 Å². The van der Waals surface area contributed by atoms with Gasteiger partial charge in [0.05, 0.1) is 12.0 Å². The molecule has 0 heterocycles. The van der Waals surface area contributed by atoms with Crippen LogP contribution in [-0.2, 0) is 5.75 Å². The molecule has 0 aliphatic carbocycles. The zero-order valence-corrected chi connectivity index (χ0v) is 12.3. The number of non-ortho nitro benzene ring substituents is 1. The second-order valence-corrected chi connectivity index (χ2v) is 5.48. The summed E-state index contributed by atoms with van der Waals surface area (Å²) in [4.78, 5) is 11.1. The number of methoxy groups -OCH3 is 1. The van der Waals surface area contributed by atoms with Crippen LogP contribution in [0.25, 0.3) is 0 Å². The van der Waals surface area contributed by atoms with Crippen LogP contribution in [-0.4, -0.2) is 12.0 Å². The Hall–Kier alpha value is -1.72. The summed E-state index contributed by atoms with van der Waals surface area (Å²) >= 11 is 7.54. The van der Waals surface area contributed by atoms with E-state index in [1.807, 2.05) is 12.1 Å². The number of benzene rings is 2. The highest BCUT2D eigenvalue weighted by Gasteiger charge is 2.07. The van der Waals surface area contributed by atoms with E-state index < -0.39 is 4.92 Å². The van der Waals surface area contributed by atoms with Crippen LogP contribution in [0.4, 0.5) is 5.69 Å². The van der Waals surface area contributed by atoms with E-state index in [4.69, 9.17) is 16.3 Å². The van der Waals surface area contributed by atoms with Crippen LogP contribution in [0.1, 0.15) is 5.56 Å². The molecule has 0 radical (unpaired) electrons. The molecule has 0 spiro atoms. The van der Waals surface area contributed by atoms with E-state index in [0.717, 1.165) is 16.2 Å². The summed E-state index contributed by atoms with van der Waals surface area (Å²) in [7, 11) is 1.61. The van der Waals surface area contributed by atoms with Crippen LogP contribution in [0.15, 0.2) is 47.4 Å². The van der Waals surface area contributed by atoms with Gasteiger partial charge in [0, 0.05) is 33.4 Å². The Morgan fingerprint density at radius 1 is 1.25 bits per heavy atom. The van der Waals surface area contributed by atoms with E-state index in [-0.39, 0.29) is 5.69 Å². The van der Waals surface area contributed by atoms with Crippen molar-refractivity contribution in [3.05, 3.63) is 63.2 Å². The quantitative estimate of drug-likeness (QED) is 0.462. The number of nitro groups is 1. The van der Waals surface area contributed by atoms with Gasteiger partial charge >= 0.3 is 0 Å². The van der Waals surface area contributed by atoms with Crippen molar-refractivity contribution in [3.8, 4) is 5.75 Å². The number of nitro benzene ring substituents is 1. The molecule has 0 N–H and O–H groups in total. The number of halogens is 1. The summed E-state index contributed by atoms with van der Waals surface area (Å²) in [6.07, 6.45) is 0. The second kappa shape index (κ2) is 6.63. The normalized spacial score (nSPS) is 10.3. The molecule has 2 aromatic rings. The Bertz CT molecular complexity index is 616. The van der Waals surface area contributed by atoms with Gasteiger partial charge in [0.25, 0.3) is 5.69 Å². The van der Waals surface area contributed by atoms with Crippen molar-refractivity contribution < 1.29 is 9.66 Å². The molecular formula is C14H12ClNO3S. The fraction of sp³-hybridized carbons (Fsp3) is 0.143. The summed E-state index contributed by atoms with van der Waals surface area (Å²) in [5.41, 5.74) is 1.08. The van der Waals surface area contributed by atoms with Crippen LogP contribution in [0, 0.1) is 10.1 Å². The first-order chi connectivity index (χ1) is 9.60. The molecule has 104 valence electrons. The van der Waals surface area contributed by atoms with E-state index in [2.05, 4.69) is 0 Å². The minimum absolute atomic E-state index is 0.0923. The van der Waals surface area contributed by atoms with E-state index >= 15 is 0 Å². The molecule has 4 nitrogen and oxygen atoms in total. The lowest BCUT2D eigenvalue weighted by molar-refractivity contribution is -0.384. The fourth-order valence-corrected chi connectivity index (χ4v) is 2.76. The van der Waals surface area contributed by atoms with Gasteiger partial charge in [-0.2, -0.15) is 0 Å². The predicted octanol–water partition coefficient (Wildman–Crippen LogP) is 4.55. The first-order valence-electron chi connectivity index (χ1n) is 5.80. The van der Waals surface area contributed by atoms with Crippen LogP contribution < -0.4 is 4.74 Å². The molecular weight excluding hydrogens is 298 g/mol. The summed E-state index contributed by atoms with van der Waals surface area (Å²) in [6, 6.07) is 11.9. The van der Waals surface area contributed by atoms with Gasteiger partial charge in [-0.3, -0.25) is 10.1 Å². The number of hydrogen-bond acceptors (Lipinski definition) is 4. The van der Waals surface area contributed by atoms with Crippen LogP contribution in [0.2, 0.25) is 5.02 Å². The minimum Gasteiger partial charge on any atom is -0.496 e. The zero-order chi connectivity index (χ0) is 14.5. The maximum absolute atomic E-state index is 10.6. The Kier molecular flexibility index (Phi) is 4.87. The molecule has 6 heteroatoms.